The molecule has 2 N–H and O–H groups in total. The van der Waals surface area contributed by atoms with Crippen LogP contribution in [0.1, 0.15) is 72.3 Å². The lowest BCUT2D eigenvalue weighted by atomic mass is 9.95. The number of amides is 2. The summed E-state index contributed by atoms with van der Waals surface area (Å²) < 4.78 is 0. The lowest BCUT2D eigenvalue weighted by molar-refractivity contribution is -0.126. The average molecular weight is 372 g/mol. The Bertz CT molecular complexity index is 732. The van der Waals surface area contributed by atoms with E-state index in [9.17, 15) is 9.59 Å². The van der Waals surface area contributed by atoms with E-state index >= 15 is 0 Å². The van der Waals surface area contributed by atoms with Crippen molar-refractivity contribution in [2.75, 3.05) is 19.6 Å². The van der Waals surface area contributed by atoms with Crippen LogP contribution in [0.25, 0.3) is 0 Å². The zero-order chi connectivity index (χ0) is 19.4. The van der Waals surface area contributed by atoms with Crippen LogP contribution in [0.5, 0.6) is 0 Å². The van der Waals surface area contributed by atoms with Crippen LogP contribution in [0.3, 0.4) is 0 Å². The Balaban J connectivity index is 1.53. The van der Waals surface area contributed by atoms with Crippen LogP contribution in [-0.4, -0.2) is 41.3 Å². The molecule has 0 radical (unpaired) electrons. The second-order valence-electron chi connectivity index (χ2n) is 8.11. The van der Waals surface area contributed by atoms with Gasteiger partial charge in [0, 0.05) is 25.3 Å². The van der Waals surface area contributed by atoms with Gasteiger partial charge in [0.1, 0.15) is 5.69 Å². The molecule has 0 bridgehead atoms. The fourth-order valence-electron chi connectivity index (χ4n) is 4.21. The molecule has 1 aromatic rings. The van der Waals surface area contributed by atoms with Crippen molar-refractivity contribution in [2.24, 2.45) is 5.92 Å². The first-order valence-corrected chi connectivity index (χ1v) is 10.4. The molecule has 1 fully saturated rings. The number of aromatic nitrogens is 1. The first kappa shape index (κ1) is 19.7. The van der Waals surface area contributed by atoms with E-state index in [-0.39, 0.29) is 17.7 Å². The molecule has 2 heterocycles. The Labute approximate surface area is 162 Å². The van der Waals surface area contributed by atoms with Gasteiger partial charge < -0.3 is 15.2 Å². The Morgan fingerprint density at radius 2 is 2.00 bits per heavy atom. The summed E-state index contributed by atoms with van der Waals surface area (Å²) in [6.07, 6.45) is 9.96. The third-order valence-electron chi connectivity index (χ3n) is 6.24. The van der Waals surface area contributed by atoms with Gasteiger partial charge in [0.15, 0.2) is 0 Å². The van der Waals surface area contributed by atoms with Crippen LogP contribution < -0.4 is 5.32 Å². The first-order chi connectivity index (χ1) is 13.0. The normalized spacial score (nSPS) is 20.3. The predicted molar refractivity (Wildman–Crippen MR) is 108 cm³/mol. The van der Waals surface area contributed by atoms with Gasteiger partial charge in [-0.05, 0) is 76.8 Å². The Kier molecular flexibility index (Phi) is 6.40. The van der Waals surface area contributed by atoms with E-state index in [0.29, 0.717) is 18.8 Å². The monoisotopic (exact) mass is 371 g/mol. The second kappa shape index (κ2) is 8.77. The number of rotatable bonds is 5. The summed E-state index contributed by atoms with van der Waals surface area (Å²) >= 11 is 0. The van der Waals surface area contributed by atoms with Crippen LogP contribution in [-0.2, 0) is 4.79 Å². The maximum Gasteiger partial charge on any atom is 0.270 e. The second-order valence-corrected chi connectivity index (χ2v) is 8.11. The zero-order valence-electron chi connectivity index (χ0n) is 17.0. The number of likely N-dealkylation sites (tertiary alicyclic amines) is 1. The molecule has 0 aromatic carbocycles. The molecule has 1 unspecified atom stereocenters. The summed E-state index contributed by atoms with van der Waals surface area (Å²) in [5.41, 5.74) is 5.36. The molecule has 1 atom stereocenters. The van der Waals surface area contributed by atoms with Crippen molar-refractivity contribution < 1.29 is 9.59 Å². The number of allylic oxidation sites excluding steroid dienone is 1. The summed E-state index contributed by atoms with van der Waals surface area (Å²) in [5, 5.41) is 3.10. The van der Waals surface area contributed by atoms with Gasteiger partial charge in [-0.3, -0.25) is 9.59 Å². The Hall–Kier alpha value is -2.04. The maximum absolute atomic E-state index is 12.9. The highest BCUT2D eigenvalue weighted by Crippen LogP contribution is 2.23. The molecule has 2 amide bonds. The number of hydrogen-bond acceptors (Lipinski definition) is 2. The molecule has 27 heavy (non-hydrogen) atoms. The van der Waals surface area contributed by atoms with E-state index in [2.05, 4.69) is 16.4 Å². The SMILES string of the molecule is Cc1[nH]c(C(=O)N2CCCC(C(=O)NCCC3=CCCCC3)C2)c(C)c1C. The minimum atomic E-state index is -0.0968. The van der Waals surface area contributed by atoms with Gasteiger partial charge in [-0.15, -0.1) is 0 Å². The highest BCUT2D eigenvalue weighted by Gasteiger charge is 2.30. The zero-order valence-corrected chi connectivity index (χ0v) is 17.0. The smallest absolute Gasteiger partial charge is 0.270 e. The molecule has 5 nitrogen and oxygen atoms in total. The van der Waals surface area contributed by atoms with E-state index in [4.69, 9.17) is 0 Å². The van der Waals surface area contributed by atoms with Gasteiger partial charge in [0.2, 0.25) is 5.91 Å². The minimum Gasteiger partial charge on any atom is -0.355 e. The molecule has 3 rings (SSSR count). The van der Waals surface area contributed by atoms with Gasteiger partial charge in [-0.2, -0.15) is 0 Å². The van der Waals surface area contributed by atoms with Crippen molar-refractivity contribution in [3.63, 3.8) is 0 Å². The topological polar surface area (TPSA) is 65.2 Å². The fourth-order valence-corrected chi connectivity index (χ4v) is 4.21. The van der Waals surface area contributed by atoms with Crippen LogP contribution in [0.15, 0.2) is 11.6 Å². The fraction of sp³-hybridized carbons (Fsp3) is 0.636. The number of aryl methyl sites for hydroxylation is 1. The Morgan fingerprint density at radius 1 is 1.19 bits per heavy atom. The molecule has 0 saturated carbocycles. The summed E-state index contributed by atoms with van der Waals surface area (Å²) in [5.74, 6) is 0.0218. The molecule has 2 aliphatic rings. The van der Waals surface area contributed by atoms with E-state index in [1.807, 2.05) is 25.7 Å². The van der Waals surface area contributed by atoms with E-state index < -0.39 is 0 Å². The van der Waals surface area contributed by atoms with Gasteiger partial charge in [0.25, 0.3) is 5.91 Å². The lowest BCUT2D eigenvalue weighted by Gasteiger charge is -2.32. The molecule has 1 aliphatic carbocycles. The van der Waals surface area contributed by atoms with Gasteiger partial charge >= 0.3 is 0 Å². The third kappa shape index (κ3) is 4.63. The van der Waals surface area contributed by atoms with Crippen LogP contribution >= 0.6 is 0 Å². The molecular formula is C22H33N3O2. The lowest BCUT2D eigenvalue weighted by Crippen LogP contribution is -2.45. The van der Waals surface area contributed by atoms with Crippen molar-refractivity contribution in [1.29, 1.82) is 0 Å². The number of piperidine rings is 1. The summed E-state index contributed by atoms with van der Waals surface area (Å²) in [7, 11) is 0. The molecule has 1 saturated heterocycles. The van der Waals surface area contributed by atoms with Crippen molar-refractivity contribution in [2.45, 2.75) is 65.7 Å². The summed E-state index contributed by atoms with van der Waals surface area (Å²) in [6.45, 7) is 7.97. The standard InChI is InChI=1S/C22H33N3O2/c1-15-16(2)20(24-17(15)3)22(27)25-13-7-10-19(14-25)21(26)23-12-11-18-8-5-4-6-9-18/h8,19,24H,4-7,9-14H2,1-3H3,(H,23,26). The van der Waals surface area contributed by atoms with E-state index in [1.165, 1.54) is 31.3 Å². The number of nitrogens with zero attached hydrogens (tertiary/aromatic N) is 1. The van der Waals surface area contributed by atoms with Crippen molar-refractivity contribution >= 4 is 11.8 Å². The average Bonchev–Trinajstić information content (AvgIpc) is 2.95. The Morgan fingerprint density at radius 3 is 2.67 bits per heavy atom. The highest BCUT2D eigenvalue weighted by molar-refractivity contribution is 5.95. The number of H-pyrrole nitrogens is 1. The number of nitrogens with one attached hydrogen (secondary N) is 2. The maximum atomic E-state index is 12.9. The third-order valence-corrected chi connectivity index (χ3v) is 6.24. The predicted octanol–water partition coefficient (Wildman–Crippen LogP) is 3.80. The molecule has 148 valence electrons. The summed E-state index contributed by atoms with van der Waals surface area (Å²) in [6, 6.07) is 0. The highest BCUT2D eigenvalue weighted by atomic mass is 16.2. The number of aromatic amines is 1. The molecule has 1 aliphatic heterocycles. The van der Waals surface area contributed by atoms with Crippen molar-refractivity contribution in [1.82, 2.24) is 15.2 Å². The van der Waals surface area contributed by atoms with Crippen LogP contribution in [0, 0.1) is 26.7 Å². The van der Waals surface area contributed by atoms with Crippen LogP contribution in [0.2, 0.25) is 0 Å². The van der Waals surface area contributed by atoms with Gasteiger partial charge in [-0.1, -0.05) is 11.6 Å². The van der Waals surface area contributed by atoms with E-state index in [0.717, 1.165) is 42.6 Å². The molecular weight excluding hydrogens is 338 g/mol. The van der Waals surface area contributed by atoms with Crippen molar-refractivity contribution in [3.8, 4) is 0 Å². The first-order valence-electron chi connectivity index (χ1n) is 10.4. The molecule has 5 heteroatoms. The number of carbonyl (C=O) groups excluding carboxylic acids is 2. The molecule has 1 aromatic heterocycles. The van der Waals surface area contributed by atoms with Crippen molar-refractivity contribution in [3.05, 3.63) is 34.2 Å². The van der Waals surface area contributed by atoms with Gasteiger partial charge in [0.05, 0.1) is 5.92 Å². The van der Waals surface area contributed by atoms with E-state index in [1.54, 1.807) is 0 Å². The van der Waals surface area contributed by atoms with Crippen LogP contribution in [0.4, 0.5) is 0 Å². The molecule has 0 spiro atoms. The quantitative estimate of drug-likeness (QED) is 0.773. The largest absolute Gasteiger partial charge is 0.355 e. The summed E-state index contributed by atoms with van der Waals surface area (Å²) in [4.78, 5) is 30.6. The number of hydrogen-bond donors (Lipinski definition) is 2. The minimum absolute atomic E-state index is 0.0218. The van der Waals surface area contributed by atoms with Gasteiger partial charge in [-0.25, -0.2) is 0 Å². The number of carbonyl (C=O) groups is 2.